The van der Waals surface area contributed by atoms with E-state index in [4.69, 9.17) is 7.48 Å². The molecular formula is C15H23NO2. The molecule has 0 saturated carbocycles. The molecule has 1 atom stereocenters. The molecule has 0 aliphatic heterocycles. The third kappa shape index (κ3) is 4.88. The summed E-state index contributed by atoms with van der Waals surface area (Å²) in [6, 6.07) is 9.11. The number of ether oxygens (including phenoxy) is 1. The second kappa shape index (κ2) is 7.88. The van der Waals surface area contributed by atoms with Crippen molar-refractivity contribution in [3.63, 3.8) is 0 Å². The Kier molecular flexibility index (Phi) is 5.13. The lowest BCUT2D eigenvalue weighted by Gasteiger charge is -2.19. The highest BCUT2D eigenvalue weighted by Gasteiger charge is 2.21. The Morgan fingerprint density at radius 3 is 2.61 bits per heavy atom. The fourth-order valence-corrected chi connectivity index (χ4v) is 1.66. The highest BCUT2D eigenvalue weighted by atomic mass is 16.5. The molecule has 0 heterocycles. The van der Waals surface area contributed by atoms with Crippen LogP contribution in [0.3, 0.4) is 0 Å². The van der Waals surface area contributed by atoms with Crippen LogP contribution in [-0.2, 0) is 16.0 Å². The van der Waals surface area contributed by atoms with Gasteiger partial charge in [-0.2, -0.15) is 0 Å². The van der Waals surface area contributed by atoms with Crippen molar-refractivity contribution in [2.24, 2.45) is 5.92 Å². The van der Waals surface area contributed by atoms with E-state index in [0.29, 0.717) is 12.8 Å². The number of hydrogen-bond donors (Lipinski definition) is 1. The van der Waals surface area contributed by atoms with Gasteiger partial charge in [-0.3, -0.25) is 4.79 Å². The number of hydrogen-bond acceptors (Lipinski definition) is 3. The summed E-state index contributed by atoms with van der Waals surface area (Å²) in [4.78, 5) is 11.7. The summed E-state index contributed by atoms with van der Waals surface area (Å²) in [5.41, 5.74) is 1.08. The summed E-state index contributed by atoms with van der Waals surface area (Å²) in [7, 11) is 1.32. The summed E-state index contributed by atoms with van der Waals surface area (Å²) in [6.45, 7) is 2.11. The molecule has 0 radical (unpaired) electrons. The van der Waals surface area contributed by atoms with Gasteiger partial charge in [0.05, 0.1) is 7.11 Å². The summed E-state index contributed by atoms with van der Waals surface area (Å²) in [5, 5.41) is 2.77. The minimum absolute atomic E-state index is 0.0331. The first-order chi connectivity index (χ1) is 9.35. The minimum Gasteiger partial charge on any atom is -0.468 e. The van der Waals surface area contributed by atoms with E-state index in [1.54, 1.807) is 0 Å². The van der Waals surface area contributed by atoms with E-state index >= 15 is 0 Å². The van der Waals surface area contributed by atoms with Crippen molar-refractivity contribution in [1.82, 2.24) is 5.32 Å². The molecule has 3 nitrogen and oxygen atoms in total. The van der Waals surface area contributed by atoms with Gasteiger partial charge < -0.3 is 10.1 Å². The fraction of sp³-hybridized carbons (Fsp3) is 0.533. The Morgan fingerprint density at radius 1 is 1.39 bits per heavy atom. The Labute approximate surface area is 112 Å². The minimum atomic E-state index is -1.61. The van der Waals surface area contributed by atoms with Crippen LogP contribution in [0.15, 0.2) is 30.3 Å². The van der Waals surface area contributed by atoms with Crippen LogP contribution in [0.25, 0.3) is 0 Å². The van der Waals surface area contributed by atoms with Crippen molar-refractivity contribution in [1.29, 1.82) is 0 Å². The average molecular weight is 251 g/mol. The zero-order valence-corrected chi connectivity index (χ0v) is 11.3. The number of methoxy groups -OCH3 is 1. The Hall–Kier alpha value is -1.35. The summed E-state index contributed by atoms with van der Waals surface area (Å²) < 4.78 is 20.7. The van der Waals surface area contributed by atoms with Crippen LogP contribution < -0.4 is 5.32 Å². The molecule has 1 rings (SSSR count). The molecule has 0 amide bonds. The number of carbonyl (C=O) groups excluding carboxylic acids is 1. The lowest BCUT2D eigenvalue weighted by molar-refractivity contribution is -0.144. The molecule has 0 saturated heterocycles. The van der Waals surface area contributed by atoms with E-state index in [-0.39, 0.29) is 5.92 Å². The fourth-order valence-electron chi connectivity index (χ4n) is 1.66. The van der Waals surface area contributed by atoms with Gasteiger partial charge in [-0.1, -0.05) is 44.2 Å². The molecule has 0 aliphatic rings. The number of benzene rings is 1. The molecule has 1 aromatic rings. The quantitative estimate of drug-likeness (QED) is 0.756. The van der Waals surface area contributed by atoms with E-state index < -0.39 is 18.5 Å². The molecule has 0 bridgehead atoms. The highest BCUT2D eigenvalue weighted by Crippen LogP contribution is 2.05. The van der Waals surface area contributed by atoms with Crippen molar-refractivity contribution < 1.29 is 12.3 Å². The van der Waals surface area contributed by atoms with Gasteiger partial charge in [0.15, 0.2) is 0 Å². The molecule has 100 valence electrons. The van der Waals surface area contributed by atoms with Crippen LogP contribution in [-0.4, -0.2) is 25.6 Å². The zero-order chi connectivity index (χ0) is 15.2. The standard InChI is InChI=1S/C15H23NO2/c1-12(2)14(15(17)18-3)16-11-7-10-13-8-5-4-6-9-13/h4-6,8-9,12,14,16H,7,10-11H2,1-3H3/t14-/m0/s1/i11D2. The molecular weight excluding hydrogens is 226 g/mol. The molecule has 0 aliphatic carbocycles. The van der Waals surface area contributed by atoms with Crippen molar-refractivity contribution in [3.05, 3.63) is 35.9 Å². The van der Waals surface area contributed by atoms with E-state index in [9.17, 15) is 4.79 Å². The smallest absolute Gasteiger partial charge is 0.323 e. The third-order valence-corrected chi connectivity index (χ3v) is 2.76. The molecule has 0 unspecified atom stereocenters. The van der Waals surface area contributed by atoms with Gasteiger partial charge in [0.2, 0.25) is 0 Å². The summed E-state index contributed by atoms with van der Waals surface area (Å²) >= 11 is 0. The second-order valence-electron chi connectivity index (χ2n) is 4.55. The molecule has 18 heavy (non-hydrogen) atoms. The normalized spacial score (nSPS) is 14.9. The Morgan fingerprint density at radius 2 is 2.06 bits per heavy atom. The van der Waals surface area contributed by atoms with Gasteiger partial charge in [0.1, 0.15) is 6.04 Å². The molecule has 1 N–H and O–H groups in total. The number of esters is 1. The van der Waals surface area contributed by atoms with Gasteiger partial charge in [-0.15, -0.1) is 0 Å². The summed E-state index contributed by atoms with van der Waals surface area (Å²) in [6.07, 6.45) is 0.921. The lowest BCUT2D eigenvalue weighted by atomic mass is 10.0. The van der Waals surface area contributed by atoms with Crippen LogP contribution in [0.5, 0.6) is 0 Å². The lowest BCUT2D eigenvalue weighted by Crippen LogP contribution is -2.42. The first kappa shape index (κ1) is 11.7. The van der Waals surface area contributed by atoms with Gasteiger partial charge >= 0.3 is 5.97 Å². The maximum atomic E-state index is 11.7. The molecule has 3 heteroatoms. The van der Waals surface area contributed by atoms with Gasteiger partial charge in [-0.25, -0.2) is 0 Å². The van der Waals surface area contributed by atoms with Gasteiger partial charge in [-0.05, 0) is 30.8 Å². The van der Waals surface area contributed by atoms with Crippen molar-refractivity contribution in [2.75, 3.05) is 13.6 Å². The largest absolute Gasteiger partial charge is 0.468 e. The van der Waals surface area contributed by atoms with Crippen LogP contribution in [0.4, 0.5) is 0 Å². The van der Waals surface area contributed by atoms with Crippen LogP contribution in [0.2, 0.25) is 0 Å². The number of carbonyl (C=O) groups is 1. The van der Waals surface area contributed by atoms with Gasteiger partial charge in [0, 0.05) is 2.74 Å². The maximum Gasteiger partial charge on any atom is 0.323 e. The van der Waals surface area contributed by atoms with Crippen molar-refractivity contribution in [3.8, 4) is 0 Å². The van der Waals surface area contributed by atoms with Crippen LogP contribution >= 0.6 is 0 Å². The average Bonchev–Trinajstić information content (AvgIpc) is 2.43. The maximum absolute atomic E-state index is 11.7. The first-order valence-corrected chi connectivity index (χ1v) is 6.25. The SMILES string of the molecule is [2H]C([2H])(CCc1ccccc1)N[C@H](C(=O)OC)C(C)C. The van der Waals surface area contributed by atoms with E-state index in [2.05, 4.69) is 5.32 Å². The molecule has 0 spiro atoms. The Balaban J connectivity index is 2.61. The van der Waals surface area contributed by atoms with Crippen LogP contribution in [0, 0.1) is 5.92 Å². The Bertz CT molecular complexity index is 421. The van der Waals surface area contributed by atoms with Crippen molar-refractivity contribution >= 4 is 5.97 Å². The first-order valence-electron chi connectivity index (χ1n) is 7.25. The number of nitrogens with one attached hydrogen (secondary N) is 1. The van der Waals surface area contributed by atoms with E-state index in [1.807, 2.05) is 44.2 Å². The summed E-state index contributed by atoms with van der Waals surface area (Å²) in [5.74, 6) is -0.460. The molecule has 0 fully saturated rings. The second-order valence-corrected chi connectivity index (χ2v) is 4.55. The number of aryl methyl sites for hydroxylation is 1. The topological polar surface area (TPSA) is 38.3 Å². The zero-order valence-electron chi connectivity index (χ0n) is 13.3. The highest BCUT2D eigenvalue weighted by molar-refractivity contribution is 5.75. The molecule has 1 aromatic carbocycles. The van der Waals surface area contributed by atoms with Gasteiger partial charge in [0.25, 0.3) is 0 Å². The van der Waals surface area contributed by atoms with E-state index in [0.717, 1.165) is 5.56 Å². The molecule has 0 aromatic heterocycles. The van der Waals surface area contributed by atoms with Crippen LogP contribution in [0.1, 0.15) is 28.6 Å². The monoisotopic (exact) mass is 251 g/mol. The number of rotatable bonds is 7. The van der Waals surface area contributed by atoms with Crippen molar-refractivity contribution in [2.45, 2.75) is 32.7 Å². The van der Waals surface area contributed by atoms with E-state index in [1.165, 1.54) is 7.11 Å². The predicted molar refractivity (Wildman–Crippen MR) is 73.4 cm³/mol. The third-order valence-electron chi connectivity index (χ3n) is 2.76. The predicted octanol–water partition coefficient (Wildman–Crippen LogP) is 2.41.